The highest BCUT2D eigenvalue weighted by atomic mass is 16.5. The summed E-state index contributed by atoms with van der Waals surface area (Å²) in [7, 11) is 3.48. The lowest BCUT2D eigenvalue weighted by atomic mass is 10.5. The first kappa shape index (κ1) is 6.29. The van der Waals surface area contributed by atoms with Gasteiger partial charge in [-0.15, -0.1) is 0 Å². The van der Waals surface area contributed by atoms with Gasteiger partial charge >= 0.3 is 0 Å². The molecule has 0 fully saturated rings. The number of ether oxygens (including phenoxy) is 1. The van der Waals surface area contributed by atoms with Crippen molar-refractivity contribution in [3.05, 3.63) is 18.0 Å². The molecule has 0 N–H and O–H groups in total. The van der Waals surface area contributed by atoms with E-state index in [4.69, 9.17) is 4.74 Å². The van der Waals surface area contributed by atoms with Gasteiger partial charge in [-0.05, 0) is 6.07 Å². The lowest BCUT2D eigenvalue weighted by Gasteiger charge is -1.89. The van der Waals surface area contributed by atoms with Crippen molar-refractivity contribution in [3.8, 4) is 0 Å². The van der Waals surface area contributed by atoms with Crippen molar-refractivity contribution < 1.29 is 4.74 Å². The zero-order valence-corrected chi connectivity index (χ0v) is 5.59. The van der Waals surface area contributed by atoms with Crippen LogP contribution in [0.15, 0.2) is 6.07 Å². The van der Waals surface area contributed by atoms with Gasteiger partial charge in [0.25, 0.3) is 0 Å². The third kappa shape index (κ3) is 1.54. The highest BCUT2D eigenvalue weighted by Crippen LogP contribution is 1.93. The first-order valence-electron chi connectivity index (χ1n) is 2.72. The molecule has 9 heavy (non-hydrogen) atoms. The van der Waals surface area contributed by atoms with Gasteiger partial charge in [-0.2, -0.15) is 5.10 Å². The average molecular weight is 125 g/mol. The molecule has 0 aliphatic rings. The van der Waals surface area contributed by atoms with Gasteiger partial charge in [-0.25, -0.2) is 0 Å². The molecule has 0 aliphatic carbocycles. The largest absolute Gasteiger partial charge is 0.378 e. The number of aromatic nitrogens is 2. The van der Waals surface area contributed by atoms with Crippen molar-refractivity contribution in [3.63, 3.8) is 0 Å². The zero-order valence-electron chi connectivity index (χ0n) is 5.59. The molecular formula is C6H9N2O. The Hall–Kier alpha value is -0.830. The van der Waals surface area contributed by atoms with Crippen LogP contribution in [0.5, 0.6) is 0 Å². The van der Waals surface area contributed by atoms with Gasteiger partial charge in [-0.3, -0.25) is 4.68 Å². The Balaban J connectivity index is 2.61. The highest BCUT2D eigenvalue weighted by molar-refractivity contribution is 4.94. The van der Waals surface area contributed by atoms with Crippen LogP contribution in [0, 0.1) is 6.20 Å². The van der Waals surface area contributed by atoms with E-state index in [2.05, 4.69) is 11.3 Å². The molecule has 0 atom stereocenters. The first-order chi connectivity index (χ1) is 4.33. The maximum Gasteiger partial charge on any atom is 0.0902 e. The van der Waals surface area contributed by atoms with Gasteiger partial charge in [0.15, 0.2) is 0 Å². The van der Waals surface area contributed by atoms with E-state index in [0.29, 0.717) is 6.61 Å². The fourth-order valence-corrected chi connectivity index (χ4v) is 0.637. The van der Waals surface area contributed by atoms with Crippen LogP contribution in [0.2, 0.25) is 0 Å². The molecule has 0 aromatic carbocycles. The molecule has 1 rings (SSSR count). The fraction of sp³-hybridized carbons (Fsp3) is 0.500. The molecule has 0 unspecified atom stereocenters. The number of hydrogen-bond acceptors (Lipinski definition) is 2. The lowest BCUT2D eigenvalue weighted by Crippen LogP contribution is -1.92. The van der Waals surface area contributed by atoms with Crippen molar-refractivity contribution in [1.82, 2.24) is 9.78 Å². The SMILES string of the molecule is COCc1c[c]n(C)n1. The van der Waals surface area contributed by atoms with E-state index >= 15 is 0 Å². The minimum absolute atomic E-state index is 0.567. The summed E-state index contributed by atoms with van der Waals surface area (Å²) in [5, 5.41) is 4.04. The molecule has 0 spiro atoms. The minimum Gasteiger partial charge on any atom is -0.378 e. The molecule has 1 aromatic rings. The summed E-state index contributed by atoms with van der Waals surface area (Å²) < 4.78 is 6.48. The van der Waals surface area contributed by atoms with Gasteiger partial charge in [0.05, 0.1) is 18.5 Å². The fourth-order valence-electron chi connectivity index (χ4n) is 0.637. The van der Waals surface area contributed by atoms with E-state index in [0.717, 1.165) is 5.69 Å². The molecule has 0 aliphatic heterocycles. The number of nitrogens with zero attached hydrogens (tertiary/aromatic N) is 2. The maximum absolute atomic E-state index is 4.85. The molecular weight excluding hydrogens is 116 g/mol. The van der Waals surface area contributed by atoms with Crippen LogP contribution in [0.3, 0.4) is 0 Å². The lowest BCUT2D eigenvalue weighted by molar-refractivity contribution is 0.181. The smallest absolute Gasteiger partial charge is 0.0902 e. The highest BCUT2D eigenvalue weighted by Gasteiger charge is 1.92. The van der Waals surface area contributed by atoms with Crippen LogP contribution in [0.25, 0.3) is 0 Å². The Morgan fingerprint density at radius 2 is 2.67 bits per heavy atom. The predicted octanol–water partition coefficient (Wildman–Crippen LogP) is 0.367. The van der Waals surface area contributed by atoms with Crippen LogP contribution < -0.4 is 0 Å². The van der Waals surface area contributed by atoms with Crippen LogP contribution in [0.1, 0.15) is 5.69 Å². The average Bonchev–Trinajstić information content (AvgIpc) is 2.17. The summed E-state index contributed by atoms with van der Waals surface area (Å²) in [5.74, 6) is 0. The molecule has 0 saturated carbocycles. The quantitative estimate of drug-likeness (QED) is 0.571. The molecule has 1 radical (unpaired) electrons. The van der Waals surface area contributed by atoms with Crippen molar-refractivity contribution in [2.45, 2.75) is 6.61 Å². The summed E-state index contributed by atoms with van der Waals surface area (Å²) in [6.07, 6.45) is 2.88. The molecule has 0 amide bonds. The molecule has 1 heterocycles. The van der Waals surface area contributed by atoms with Gasteiger partial charge in [0.2, 0.25) is 0 Å². The molecule has 0 saturated heterocycles. The van der Waals surface area contributed by atoms with E-state index < -0.39 is 0 Å². The monoisotopic (exact) mass is 125 g/mol. The third-order valence-electron chi connectivity index (χ3n) is 0.989. The second-order valence-electron chi connectivity index (χ2n) is 1.82. The van der Waals surface area contributed by atoms with Crippen LogP contribution in [-0.2, 0) is 18.4 Å². The van der Waals surface area contributed by atoms with E-state index in [1.54, 1.807) is 11.8 Å². The summed E-state index contributed by atoms with van der Waals surface area (Å²) in [6.45, 7) is 0.567. The normalized spacial score (nSPS) is 10.0. The van der Waals surface area contributed by atoms with Crippen molar-refractivity contribution in [1.29, 1.82) is 0 Å². The Bertz CT molecular complexity index is 183. The van der Waals surface area contributed by atoms with Gasteiger partial charge in [0.1, 0.15) is 0 Å². The number of methoxy groups -OCH3 is 1. The third-order valence-corrected chi connectivity index (χ3v) is 0.989. The van der Waals surface area contributed by atoms with Gasteiger partial charge < -0.3 is 4.74 Å². The van der Waals surface area contributed by atoms with Crippen LogP contribution >= 0.6 is 0 Å². The van der Waals surface area contributed by atoms with Crippen LogP contribution in [-0.4, -0.2) is 16.9 Å². The summed E-state index contributed by atoms with van der Waals surface area (Å²) in [6, 6.07) is 1.81. The van der Waals surface area contributed by atoms with Gasteiger partial charge in [0, 0.05) is 14.2 Å². The van der Waals surface area contributed by atoms with Crippen molar-refractivity contribution in [2.24, 2.45) is 7.05 Å². The van der Waals surface area contributed by atoms with Crippen molar-refractivity contribution >= 4 is 0 Å². The number of rotatable bonds is 2. The molecule has 3 nitrogen and oxygen atoms in total. The number of hydrogen-bond donors (Lipinski definition) is 0. The van der Waals surface area contributed by atoms with Gasteiger partial charge in [-0.1, -0.05) is 0 Å². The Labute approximate surface area is 54.2 Å². The summed E-state index contributed by atoms with van der Waals surface area (Å²) >= 11 is 0. The molecule has 0 bridgehead atoms. The van der Waals surface area contributed by atoms with Crippen LogP contribution in [0.4, 0.5) is 0 Å². The maximum atomic E-state index is 4.85. The Morgan fingerprint density at radius 3 is 3.11 bits per heavy atom. The molecule has 3 heteroatoms. The topological polar surface area (TPSA) is 27.1 Å². The second-order valence-corrected chi connectivity index (χ2v) is 1.82. The van der Waals surface area contributed by atoms with E-state index in [9.17, 15) is 0 Å². The Morgan fingerprint density at radius 1 is 1.89 bits per heavy atom. The standard InChI is InChI=1S/C6H9N2O/c1-8-4-3-6(7-8)5-9-2/h3H,5H2,1-2H3. The molecule has 1 aromatic heterocycles. The van der Waals surface area contributed by atoms with E-state index in [1.165, 1.54) is 0 Å². The zero-order chi connectivity index (χ0) is 6.69. The summed E-state index contributed by atoms with van der Waals surface area (Å²) in [5.41, 5.74) is 0.917. The minimum atomic E-state index is 0.567. The first-order valence-corrected chi connectivity index (χ1v) is 2.72. The Kier molecular flexibility index (Phi) is 1.85. The molecule has 49 valence electrons. The predicted molar refractivity (Wildman–Crippen MR) is 32.8 cm³/mol. The summed E-state index contributed by atoms with van der Waals surface area (Å²) in [4.78, 5) is 0. The van der Waals surface area contributed by atoms with E-state index in [1.807, 2.05) is 13.1 Å². The van der Waals surface area contributed by atoms with Crippen molar-refractivity contribution in [2.75, 3.05) is 7.11 Å². The second kappa shape index (κ2) is 2.64. The van der Waals surface area contributed by atoms with E-state index in [-0.39, 0.29) is 0 Å². The number of aryl methyl sites for hydroxylation is 1.